The zero-order valence-electron chi connectivity index (χ0n) is 11.0. The molecule has 1 aliphatic carbocycles. The molecule has 9 heteroatoms. The number of nitrogens with zero attached hydrogens (tertiary/aromatic N) is 2. The molecule has 0 saturated heterocycles. The van der Waals surface area contributed by atoms with E-state index in [9.17, 15) is 12.8 Å². The summed E-state index contributed by atoms with van der Waals surface area (Å²) in [6.07, 6.45) is 1.55. The van der Waals surface area contributed by atoms with Gasteiger partial charge in [0, 0.05) is 23.5 Å². The second-order valence-corrected chi connectivity index (χ2v) is 7.54. The highest BCUT2D eigenvalue weighted by molar-refractivity contribution is 9.10. The average molecular weight is 380 g/mol. The molecule has 1 aromatic carbocycles. The van der Waals surface area contributed by atoms with Crippen LogP contribution in [-0.4, -0.2) is 36.4 Å². The molecule has 6 nitrogen and oxygen atoms in total. The van der Waals surface area contributed by atoms with E-state index in [1.807, 2.05) is 0 Å². The third-order valence-corrected chi connectivity index (χ3v) is 5.63. The van der Waals surface area contributed by atoms with Crippen LogP contribution in [0.4, 0.5) is 4.39 Å². The van der Waals surface area contributed by atoms with Crippen LogP contribution in [0, 0.1) is 5.82 Å². The smallest absolute Gasteiger partial charge is 0.246 e. The van der Waals surface area contributed by atoms with Crippen molar-refractivity contribution in [3.8, 4) is 0 Å². The van der Waals surface area contributed by atoms with E-state index in [0.29, 0.717) is 4.47 Å². The van der Waals surface area contributed by atoms with Crippen molar-refractivity contribution < 1.29 is 18.0 Å². The van der Waals surface area contributed by atoms with Crippen LogP contribution in [0.2, 0.25) is 0 Å². The van der Waals surface area contributed by atoms with Crippen LogP contribution in [-0.2, 0) is 10.0 Å². The molecule has 1 aliphatic rings. The van der Waals surface area contributed by atoms with Gasteiger partial charge in [-0.2, -0.15) is 4.31 Å². The van der Waals surface area contributed by atoms with Crippen LogP contribution in [0.25, 0.3) is 0 Å². The Morgan fingerprint density at radius 3 is 2.71 bits per heavy atom. The first-order valence-corrected chi connectivity index (χ1v) is 8.53. The fraction of sp³-hybridized carbons (Fsp3) is 0.417. The SMILES string of the molecule is N/C(CCN(C1CC1)S(=O)(=O)c1ccc(Br)cc1F)=N/O. The van der Waals surface area contributed by atoms with E-state index in [4.69, 9.17) is 10.9 Å². The van der Waals surface area contributed by atoms with Crippen molar-refractivity contribution in [3.63, 3.8) is 0 Å². The van der Waals surface area contributed by atoms with Crippen molar-refractivity contribution in [1.82, 2.24) is 4.31 Å². The zero-order valence-corrected chi connectivity index (χ0v) is 13.4. The summed E-state index contributed by atoms with van der Waals surface area (Å²) in [5, 5.41) is 11.3. The van der Waals surface area contributed by atoms with Crippen molar-refractivity contribution in [2.45, 2.75) is 30.2 Å². The van der Waals surface area contributed by atoms with Crippen LogP contribution in [0.3, 0.4) is 0 Å². The second kappa shape index (κ2) is 6.29. The van der Waals surface area contributed by atoms with Crippen molar-refractivity contribution in [2.75, 3.05) is 6.54 Å². The van der Waals surface area contributed by atoms with E-state index < -0.39 is 15.8 Å². The van der Waals surface area contributed by atoms with Gasteiger partial charge < -0.3 is 10.9 Å². The van der Waals surface area contributed by atoms with E-state index in [1.54, 1.807) is 0 Å². The van der Waals surface area contributed by atoms with Crippen molar-refractivity contribution >= 4 is 31.8 Å². The molecule has 1 saturated carbocycles. The lowest BCUT2D eigenvalue weighted by molar-refractivity contribution is 0.315. The Morgan fingerprint density at radius 1 is 1.52 bits per heavy atom. The van der Waals surface area contributed by atoms with Crippen LogP contribution in [0.1, 0.15) is 19.3 Å². The number of rotatable bonds is 6. The minimum Gasteiger partial charge on any atom is -0.409 e. The number of hydrogen-bond acceptors (Lipinski definition) is 4. The van der Waals surface area contributed by atoms with Crippen molar-refractivity contribution in [2.24, 2.45) is 10.9 Å². The normalized spacial score (nSPS) is 16.4. The lowest BCUT2D eigenvalue weighted by Gasteiger charge is -2.22. The van der Waals surface area contributed by atoms with Crippen LogP contribution >= 0.6 is 15.9 Å². The molecule has 1 aromatic rings. The molecule has 2 rings (SSSR count). The van der Waals surface area contributed by atoms with Gasteiger partial charge in [-0.15, -0.1) is 0 Å². The summed E-state index contributed by atoms with van der Waals surface area (Å²) in [5.41, 5.74) is 5.37. The van der Waals surface area contributed by atoms with Gasteiger partial charge in [-0.25, -0.2) is 12.8 Å². The summed E-state index contributed by atoms with van der Waals surface area (Å²) in [6, 6.07) is 3.67. The Kier molecular flexibility index (Phi) is 4.84. The Labute approximate surface area is 130 Å². The number of hydrogen-bond donors (Lipinski definition) is 2. The molecule has 0 radical (unpaired) electrons. The zero-order chi connectivity index (χ0) is 15.6. The summed E-state index contributed by atoms with van der Waals surface area (Å²) in [4.78, 5) is -0.364. The van der Waals surface area contributed by atoms with E-state index in [2.05, 4.69) is 21.1 Å². The average Bonchev–Trinajstić information content (AvgIpc) is 3.22. The Bertz CT molecular complexity index is 662. The van der Waals surface area contributed by atoms with Gasteiger partial charge in [-0.3, -0.25) is 0 Å². The fourth-order valence-electron chi connectivity index (χ4n) is 1.95. The number of benzene rings is 1. The molecule has 21 heavy (non-hydrogen) atoms. The van der Waals surface area contributed by atoms with Gasteiger partial charge in [-0.05, 0) is 31.0 Å². The number of nitrogens with two attached hydrogens (primary N) is 1. The van der Waals surface area contributed by atoms with Gasteiger partial charge in [0.2, 0.25) is 10.0 Å². The molecular formula is C12H15BrFN3O3S. The summed E-state index contributed by atoms with van der Waals surface area (Å²) in [5.74, 6) is -0.869. The van der Waals surface area contributed by atoms with E-state index in [0.717, 1.165) is 18.9 Å². The topological polar surface area (TPSA) is 96.0 Å². The summed E-state index contributed by atoms with van der Waals surface area (Å²) in [6.45, 7) is 0.0540. The highest BCUT2D eigenvalue weighted by atomic mass is 79.9. The standard InChI is InChI=1S/C12H15BrFN3O3S/c13-8-1-4-11(10(14)7-8)21(19,20)17(9-2-3-9)6-5-12(15)16-18/h1,4,7,9,18H,2-3,5-6H2,(H2,15,16). The summed E-state index contributed by atoms with van der Waals surface area (Å²) in [7, 11) is -3.94. The number of halogens is 2. The first kappa shape index (κ1) is 16.2. The molecule has 0 amide bonds. The lowest BCUT2D eigenvalue weighted by atomic mass is 10.3. The Hall–Kier alpha value is -1.19. The van der Waals surface area contributed by atoms with Crippen LogP contribution in [0.15, 0.2) is 32.7 Å². The van der Waals surface area contributed by atoms with Gasteiger partial charge >= 0.3 is 0 Å². The molecule has 0 aromatic heterocycles. The fourth-order valence-corrected chi connectivity index (χ4v) is 4.01. The number of sulfonamides is 1. The van der Waals surface area contributed by atoms with Gasteiger partial charge in [-0.1, -0.05) is 21.1 Å². The van der Waals surface area contributed by atoms with Crippen molar-refractivity contribution in [3.05, 3.63) is 28.5 Å². The number of oxime groups is 1. The summed E-state index contributed by atoms with van der Waals surface area (Å²) >= 11 is 3.09. The van der Waals surface area contributed by atoms with Gasteiger partial charge in [0.25, 0.3) is 0 Å². The molecule has 116 valence electrons. The summed E-state index contributed by atoms with van der Waals surface area (Å²) < 4.78 is 40.8. The molecular weight excluding hydrogens is 365 g/mol. The predicted molar refractivity (Wildman–Crippen MR) is 79.0 cm³/mol. The number of amidine groups is 1. The molecule has 0 spiro atoms. The third-order valence-electron chi connectivity index (χ3n) is 3.15. The van der Waals surface area contributed by atoms with Crippen LogP contribution in [0.5, 0.6) is 0 Å². The molecule has 0 heterocycles. The second-order valence-electron chi connectivity index (χ2n) is 4.76. The maximum absolute atomic E-state index is 13.9. The molecule has 0 aliphatic heterocycles. The highest BCUT2D eigenvalue weighted by Gasteiger charge is 2.39. The van der Waals surface area contributed by atoms with Gasteiger partial charge in [0.05, 0.1) is 0 Å². The first-order valence-electron chi connectivity index (χ1n) is 6.29. The monoisotopic (exact) mass is 379 g/mol. The van der Waals surface area contributed by atoms with Crippen molar-refractivity contribution in [1.29, 1.82) is 0 Å². The largest absolute Gasteiger partial charge is 0.409 e. The maximum atomic E-state index is 13.9. The van der Waals surface area contributed by atoms with Gasteiger partial charge in [0.1, 0.15) is 16.5 Å². The molecule has 0 unspecified atom stereocenters. The minimum absolute atomic E-state index is 0.0540. The predicted octanol–water partition coefficient (Wildman–Crippen LogP) is 1.88. The van der Waals surface area contributed by atoms with E-state index in [1.165, 1.54) is 16.4 Å². The minimum atomic E-state index is -3.94. The molecule has 3 N–H and O–H groups in total. The third kappa shape index (κ3) is 3.72. The first-order chi connectivity index (χ1) is 9.86. The van der Waals surface area contributed by atoms with E-state index >= 15 is 0 Å². The molecule has 0 bridgehead atoms. The lowest BCUT2D eigenvalue weighted by Crippen LogP contribution is -2.36. The Balaban J connectivity index is 2.29. The van der Waals surface area contributed by atoms with Gasteiger partial charge in [0.15, 0.2) is 0 Å². The highest BCUT2D eigenvalue weighted by Crippen LogP contribution is 2.33. The molecule has 0 atom stereocenters. The quantitative estimate of drug-likeness (QED) is 0.341. The maximum Gasteiger partial charge on any atom is 0.246 e. The molecule has 1 fully saturated rings. The van der Waals surface area contributed by atoms with E-state index in [-0.39, 0.29) is 29.7 Å². The Morgan fingerprint density at radius 2 is 2.19 bits per heavy atom. The van der Waals surface area contributed by atoms with Crippen LogP contribution < -0.4 is 5.73 Å².